The molecule has 0 aromatic carbocycles. The van der Waals surface area contributed by atoms with Crippen molar-refractivity contribution in [2.24, 2.45) is 0 Å². The van der Waals surface area contributed by atoms with Gasteiger partial charge >= 0.3 is 5.97 Å². The summed E-state index contributed by atoms with van der Waals surface area (Å²) in [6, 6.07) is 3.86. The first-order valence-electron chi connectivity index (χ1n) is 7.26. The van der Waals surface area contributed by atoms with Gasteiger partial charge in [0.25, 0.3) is 0 Å². The van der Waals surface area contributed by atoms with E-state index in [-0.39, 0.29) is 5.97 Å². The van der Waals surface area contributed by atoms with Crippen molar-refractivity contribution in [3.8, 4) is 0 Å². The normalized spacial score (nSPS) is 9.15. The molecule has 0 fully saturated rings. The van der Waals surface area contributed by atoms with Crippen LogP contribution in [0.5, 0.6) is 0 Å². The maximum atomic E-state index is 11.8. The summed E-state index contributed by atoms with van der Waals surface area (Å²) >= 11 is 0. The first-order valence-corrected chi connectivity index (χ1v) is 7.26. The minimum atomic E-state index is -0.321. The summed E-state index contributed by atoms with van der Waals surface area (Å²) in [7, 11) is 0. The first kappa shape index (κ1) is 18.2. The number of pyridine rings is 1. The van der Waals surface area contributed by atoms with Crippen LogP contribution < -0.4 is 0 Å². The Hall–Kier alpha value is -1.84. The number of carbonyl (C=O) groups is 1. The lowest BCUT2D eigenvalue weighted by Crippen LogP contribution is -2.09. The van der Waals surface area contributed by atoms with Crippen LogP contribution in [-0.2, 0) is 4.74 Å². The minimum Gasteiger partial charge on any atom is -0.461 e. The van der Waals surface area contributed by atoms with Crippen LogP contribution >= 0.6 is 0 Å². The number of esters is 1. The second kappa shape index (κ2) is 9.13. The van der Waals surface area contributed by atoms with Gasteiger partial charge in [-0.15, -0.1) is 0 Å². The summed E-state index contributed by atoms with van der Waals surface area (Å²) in [5, 5.41) is 0. The Morgan fingerprint density at radius 1 is 1.20 bits per heavy atom. The summed E-state index contributed by atoms with van der Waals surface area (Å²) in [6.45, 7) is 14.0. The second-order valence-electron chi connectivity index (χ2n) is 3.70. The van der Waals surface area contributed by atoms with Gasteiger partial charge in [0, 0.05) is 6.20 Å². The average Bonchev–Trinajstić information content (AvgIpc) is 2.79. The third-order valence-electron chi connectivity index (χ3n) is 2.41. The molecule has 0 atom stereocenters. The van der Waals surface area contributed by atoms with E-state index in [9.17, 15) is 4.79 Å². The number of imidazole rings is 1. The van der Waals surface area contributed by atoms with Gasteiger partial charge in [0.15, 0.2) is 5.69 Å². The van der Waals surface area contributed by atoms with Crippen molar-refractivity contribution in [3.63, 3.8) is 0 Å². The fourth-order valence-corrected chi connectivity index (χ4v) is 1.71. The molecule has 0 aliphatic carbocycles. The third-order valence-corrected chi connectivity index (χ3v) is 2.41. The summed E-state index contributed by atoms with van der Waals surface area (Å²) in [5.41, 5.74) is 3.06. The molecule has 112 valence electrons. The molecule has 0 radical (unpaired) electrons. The largest absolute Gasteiger partial charge is 0.461 e. The van der Waals surface area contributed by atoms with Crippen molar-refractivity contribution in [1.82, 2.24) is 9.38 Å². The zero-order valence-corrected chi connectivity index (χ0v) is 13.7. The van der Waals surface area contributed by atoms with Gasteiger partial charge in [-0.25, -0.2) is 9.78 Å². The predicted octanol–water partition coefficient (Wildman–Crippen LogP) is 4.18. The molecule has 2 aromatic heterocycles. The Morgan fingerprint density at radius 3 is 2.35 bits per heavy atom. The molecule has 2 rings (SSSR count). The number of fused-ring (bicyclic) bond motifs is 1. The number of aryl methyl sites for hydroxylation is 2. The van der Waals surface area contributed by atoms with Crippen LogP contribution in [-0.4, -0.2) is 22.0 Å². The Balaban J connectivity index is 0.000000829. The second-order valence-corrected chi connectivity index (χ2v) is 3.70. The van der Waals surface area contributed by atoms with E-state index in [2.05, 4.69) is 4.98 Å². The zero-order valence-electron chi connectivity index (χ0n) is 13.7. The highest BCUT2D eigenvalue weighted by Gasteiger charge is 2.17. The van der Waals surface area contributed by atoms with Crippen molar-refractivity contribution in [3.05, 3.63) is 35.3 Å². The number of ether oxygens (including phenoxy) is 1. The monoisotopic (exact) mass is 278 g/mol. The van der Waals surface area contributed by atoms with Gasteiger partial charge in [-0.2, -0.15) is 0 Å². The van der Waals surface area contributed by atoms with Crippen LogP contribution in [0.15, 0.2) is 18.3 Å². The minimum absolute atomic E-state index is 0.321. The van der Waals surface area contributed by atoms with E-state index in [4.69, 9.17) is 4.74 Å². The maximum absolute atomic E-state index is 11.8. The lowest BCUT2D eigenvalue weighted by molar-refractivity contribution is 0.0517. The summed E-state index contributed by atoms with van der Waals surface area (Å²) < 4.78 is 6.80. The molecule has 0 saturated carbocycles. The lowest BCUT2D eigenvalue weighted by Gasteiger charge is -2.03. The van der Waals surface area contributed by atoms with Crippen molar-refractivity contribution < 1.29 is 9.53 Å². The van der Waals surface area contributed by atoms with Gasteiger partial charge < -0.3 is 4.74 Å². The SMILES string of the molecule is CC.CC.CCOC(=O)c1c(C)nc2ccc(C)cn12. The van der Waals surface area contributed by atoms with Gasteiger partial charge in [0.05, 0.1) is 12.3 Å². The van der Waals surface area contributed by atoms with Crippen LogP contribution in [0.3, 0.4) is 0 Å². The molecule has 0 aliphatic rings. The summed E-state index contributed by atoms with van der Waals surface area (Å²) in [6.07, 6.45) is 1.89. The van der Waals surface area contributed by atoms with Crippen molar-refractivity contribution >= 4 is 11.6 Å². The van der Waals surface area contributed by atoms with Gasteiger partial charge in [-0.3, -0.25) is 4.40 Å². The Kier molecular flexibility index (Phi) is 8.29. The molecule has 0 saturated heterocycles. The number of hydrogen-bond donors (Lipinski definition) is 0. The number of hydrogen-bond acceptors (Lipinski definition) is 3. The standard InChI is InChI=1S/C12H14N2O2.2C2H6/c1-4-16-12(15)11-9(3)13-10-6-5-8(2)7-14(10)11;2*1-2/h5-7H,4H2,1-3H3;2*1-2H3. The van der Waals surface area contributed by atoms with Crippen LogP contribution in [0, 0.1) is 13.8 Å². The molecule has 2 aromatic rings. The molecule has 4 heteroatoms. The molecule has 0 unspecified atom stereocenters. The molecule has 2 heterocycles. The molecule has 0 N–H and O–H groups in total. The van der Waals surface area contributed by atoms with E-state index < -0.39 is 0 Å². The highest BCUT2D eigenvalue weighted by Crippen LogP contribution is 2.14. The smallest absolute Gasteiger partial charge is 0.357 e. The van der Waals surface area contributed by atoms with Crippen LogP contribution in [0.2, 0.25) is 0 Å². The zero-order chi connectivity index (χ0) is 15.7. The average molecular weight is 278 g/mol. The topological polar surface area (TPSA) is 43.6 Å². The van der Waals surface area contributed by atoms with Gasteiger partial charge in [0.1, 0.15) is 5.65 Å². The number of aromatic nitrogens is 2. The van der Waals surface area contributed by atoms with E-state index >= 15 is 0 Å². The quantitative estimate of drug-likeness (QED) is 0.774. The molecule has 0 amide bonds. The molecule has 4 nitrogen and oxygen atoms in total. The third kappa shape index (κ3) is 4.08. The molecule has 0 aliphatic heterocycles. The Labute approximate surface area is 121 Å². The van der Waals surface area contributed by atoms with Gasteiger partial charge in [0.2, 0.25) is 0 Å². The highest BCUT2D eigenvalue weighted by molar-refractivity contribution is 5.90. The van der Waals surface area contributed by atoms with Crippen molar-refractivity contribution in [1.29, 1.82) is 0 Å². The lowest BCUT2D eigenvalue weighted by atomic mass is 10.3. The van der Waals surface area contributed by atoms with E-state index in [1.54, 1.807) is 11.3 Å². The summed E-state index contributed by atoms with van der Waals surface area (Å²) in [5.74, 6) is -0.321. The van der Waals surface area contributed by atoms with Crippen LogP contribution in [0.1, 0.15) is 56.4 Å². The summed E-state index contributed by atoms with van der Waals surface area (Å²) in [4.78, 5) is 16.1. The maximum Gasteiger partial charge on any atom is 0.357 e. The van der Waals surface area contributed by atoms with E-state index in [1.165, 1.54) is 0 Å². The van der Waals surface area contributed by atoms with E-state index in [0.29, 0.717) is 18.0 Å². The molecular weight excluding hydrogens is 252 g/mol. The van der Waals surface area contributed by atoms with Crippen LogP contribution in [0.25, 0.3) is 5.65 Å². The molecule has 20 heavy (non-hydrogen) atoms. The number of carbonyl (C=O) groups excluding carboxylic acids is 1. The number of nitrogens with zero attached hydrogens (tertiary/aromatic N) is 2. The van der Waals surface area contributed by atoms with Gasteiger partial charge in [-0.05, 0) is 32.4 Å². The fourth-order valence-electron chi connectivity index (χ4n) is 1.71. The highest BCUT2D eigenvalue weighted by atomic mass is 16.5. The molecule has 0 spiro atoms. The number of rotatable bonds is 2. The molecule has 0 bridgehead atoms. The van der Waals surface area contributed by atoms with Crippen LogP contribution in [0.4, 0.5) is 0 Å². The fraction of sp³-hybridized carbons (Fsp3) is 0.500. The van der Waals surface area contributed by atoms with Crippen molar-refractivity contribution in [2.45, 2.75) is 48.5 Å². The van der Waals surface area contributed by atoms with Crippen molar-refractivity contribution in [2.75, 3.05) is 6.61 Å². The molecular formula is C16H26N2O2. The van der Waals surface area contributed by atoms with E-state index in [0.717, 1.165) is 11.2 Å². The van der Waals surface area contributed by atoms with Gasteiger partial charge in [-0.1, -0.05) is 33.8 Å². The van der Waals surface area contributed by atoms with E-state index in [1.807, 2.05) is 59.9 Å². The first-order chi connectivity index (χ1) is 9.63. The Bertz CT molecular complexity index is 545. The predicted molar refractivity (Wildman–Crippen MR) is 83.3 cm³/mol. The Morgan fingerprint density at radius 2 is 1.80 bits per heavy atom.